The number of aromatic nitrogens is 2. The quantitative estimate of drug-likeness (QED) is 0.843. The number of ether oxygens (including phenoxy) is 1. The van der Waals surface area contributed by atoms with Crippen LogP contribution in [-0.2, 0) is 0 Å². The van der Waals surface area contributed by atoms with Crippen LogP contribution in [0.4, 0.5) is 11.6 Å². The van der Waals surface area contributed by atoms with Gasteiger partial charge in [0.25, 0.3) is 5.91 Å². The van der Waals surface area contributed by atoms with Gasteiger partial charge in [0.15, 0.2) is 0 Å². The first kappa shape index (κ1) is 17.7. The standard InChI is InChI=1S/C18H24N4O2/c1-5-6-10-22(3)17(23)16-11-13(2)19-18(21-16)20-14-8-7-9-15(12-14)24-4/h7-9,11-12H,5-6,10H2,1-4H3,(H,19,20,21). The van der Waals surface area contributed by atoms with Crippen LogP contribution in [0, 0.1) is 6.92 Å². The molecular formula is C18H24N4O2. The van der Waals surface area contributed by atoms with Gasteiger partial charge in [-0.3, -0.25) is 4.79 Å². The van der Waals surface area contributed by atoms with Crippen LogP contribution >= 0.6 is 0 Å². The van der Waals surface area contributed by atoms with Crippen LogP contribution in [0.1, 0.15) is 35.9 Å². The van der Waals surface area contributed by atoms with Crippen LogP contribution in [0.15, 0.2) is 30.3 Å². The molecule has 24 heavy (non-hydrogen) atoms. The highest BCUT2D eigenvalue weighted by Gasteiger charge is 2.15. The Bertz CT molecular complexity index is 703. The SMILES string of the molecule is CCCCN(C)C(=O)c1cc(C)nc(Nc2cccc(OC)c2)n1. The van der Waals surface area contributed by atoms with Crippen LogP contribution in [0.5, 0.6) is 5.75 Å². The molecule has 2 rings (SSSR count). The number of amides is 1. The molecule has 0 fully saturated rings. The number of nitrogens with zero attached hydrogens (tertiary/aromatic N) is 3. The summed E-state index contributed by atoms with van der Waals surface area (Å²) in [6.07, 6.45) is 2.02. The smallest absolute Gasteiger partial charge is 0.272 e. The lowest BCUT2D eigenvalue weighted by molar-refractivity contribution is 0.0787. The van der Waals surface area contributed by atoms with Gasteiger partial charge in [0.2, 0.25) is 5.95 Å². The molecule has 2 aromatic rings. The molecule has 0 saturated heterocycles. The molecule has 0 aliphatic carbocycles. The van der Waals surface area contributed by atoms with Crippen LogP contribution < -0.4 is 10.1 Å². The van der Waals surface area contributed by atoms with E-state index in [1.165, 1.54) is 0 Å². The van der Waals surface area contributed by atoms with Gasteiger partial charge in [0, 0.05) is 31.0 Å². The van der Waals surface area contributed by atoms with Crippen molar-refractivity contribution in [1.82, 2.24) is 14.9 Å². The average Bonchev–Trinajstić information content (AvgIpc) is 2.58. The van der Waals surface area contributed by atoms with E-state index < -0.39 is 0 Å². The number of carbonyl (C=O) groups excluding carboxylic acids is 1. The van der Waals surface area contributed by atoms with E-state index in [-0.39, 0.29) is 5.91 Å². The van der Waals surface area contributed by atoms with Crippen molar-refractivity contribution in [3.63, 3.8) is 0 Å². The molecule has 6 heteroatoms. The van der Waals surface area contributed by atoms with Gasteiger partial charge < -0.3 is 15.0 Å². The molecule has 0 spiro atoms. The number of nitrogens with one attached hydrogen (secondary N) is 1. The third-order valence-corrected chi connectivity index (χ3v) is 3.59. The number of rotatable bonds is 7. The summed E-state index contributed by atoms with van der Waals surface area (Å²) >= 11 is 0. The third kappa shape index (κ3) is 4.68. The summed E-state index contributed by atoms with van der Waals surface area (Å²) < 4.78 is 5.21. The van der Waals surface area contributed by atoms with E-state index in [4.69, 9.17) is 4.74 Å². The fourth-order valence-electron chi connectivity index (χ4n) is 2.26. The minimum atomic E-state index is -0.0948. The maximum atomic E-state index is 12.5. The van der Waals surface area contributed by atoms with Crippen molar-refractivity contribution < 1.29 is 9.53 Å². The van der Waals surface area contributed by atoms with E-state index >= 15 is 0 Å². The van der Waals surface area contributed by atoms with Crippen molar-refractivity contribution in [1.29, 1.82) is 0 Å². The highest BCUT2D eigenvalue weighted by molar-refractivity contribution is 5.92. The van der Waals surface area contributed by atoms with E-state index in [9.17, 15) is 4.79 Å². The molecule has 0 saturated carbocycles. The number of aryl methyl sites for hydroxylation is 1. The summed E-state index contributed by atoms with van der Waals surface area (Å²) in [5.74, 6) is 1.04. The Labute approximate surface area is 142 Å². The average molecular weight is 328 g/mol. The lowest BCUT2D eigenvalue weighted by Crippen LogP contribution is -2.28. The normalized spacial score (nSPS) is 10.3. The molecule has 0 unspecified atom stereocenters. The number of methoxy groups -OCH3 is 1. The van der Waals surface area contributed by atoms with Crippen LogP contribution in [0.2, 0.25) is 0 Å². The van der Waals surface area contributed by atoms with Gasteiger partial charge in [-0.05, 0) is 31.5 Å². The minimum absolute atomic E-state index is 0.0948. The zero-order chi connectivity index (χ0) is 17.5. The topological polar surface area (TPSA) is 67.4 Å². The van der Waals surface area contributed by atoms with Crippen molar-refractivity contribution in [3.05, 3.63) is 41.7 Å². The van der Waals surface area contributed by atoms with Crippen LogP contribution in [0.25, 0.3) is 0 Å². The molecule has 0 atom stereocenters. The van der Waals surface area contributed by atoms with Crippen molar-refractivity contribution in [2.45, 2.75) is 26.7 Å². The maximum Gasteiger partial charge on any atom is 0.272 e. The second-order valence-electron chi connectivity index (χ2n) is 5.66. The van der Waals surface area contributed by atoms with Gasteiger partial charge >= 0.3 is 0 Å². The van der Waals surface area contributed by atoms with Crippen molar-refractivity contribution in [3.8, 4) is 5.75 Å². The van der Waals surface area contributed by atoms with Gasteiger partial charge in [0.1, 0.15) is 11.4 Å². The summed E-state index contributed by atoms with van der Waals surface area (Å²) in [6, 6.07) is 9.19. The number of benzene rings is 1. The second-order valence-corrected chi connectivity index (χ2v) is 5.66. The van der Waals surface area contributed by atoms with Gasteiger partial charge in [0.05, 0.1) is 7.11 Å². The predicted octanol–water partition coefficient (Wildman–Crippen LogP) is 3.41. The summed E-state index contributed by atoms with van der Waals surface area (Å²) in [6.45, 7) is 4.67. The fourth-order valence-corrected chi connectivity index (χ4v) is 2.26. The van der Waals surface area contributed by atoms with E-state index in [0.29, 0.717) is 11.6 Å². The van der Waals surface area contributed by atoms with Gasteiger partial charge in [-0.15, -0.1) is 0 Å². The predicted molar refractivity (Wildman–Crippen MR) is 94.9 cm³/mol. The summed E-state index contributed by atoms with van der Waals surface area (Å²) in [5.41, 5.74) is 1.94. The molecule has 1 aromatic heterocycles. The van der Waals surface area contributed by atoms with E-state index in [0.717, 1.165) is 36.5 Å². The minimum Gasteiger partial charge on any atom is -0.497 e. The monoisotopic (exact) mass is 328 g/mol. The molecule has 1 heterocycles. The Morgan fingerprint density at radius 2 is 2.08 bits per heavy atom. The van der Waals surface area contributed by atoms with E-state index in [2.05, 4.69) is 22.2 Å². The zero-order valence-electron chi connectivity index (χ0n) is 14.7. The molecule has 128 valence electrons. The Balaban J connectivity index is 2.20. The maximum absolute atomic E-state index is 12.5. The van der Waals surface area contributed by atoms with Crippen LogP contribution in [0.3, 0.4) is 0 Å². The highest BCUT2D eigenvalue weighted by Crippen LogP contribution is 2.20. The highest BCUT2D eigenvalue weighted by atomic mass is 16.5. The molecule has 1 N–H and O–H groups in total. The van der Waals surface area contributed by atoms with Gasteiger partial charge in [-0.1, -0.05) is 19.4 Å². The number of anilines is 2. The van der Waals surface area contributed by atoms with E-state index in [1.54, 1.807) is 25.1 Å². The lowest BCUT2D eigenvalue weighted by Gasteiger charge is -2.17. The third-order valence-electron chi connectivity index (χ3n) is 3.59. The molecular weight excluding hydrogens is 304 g/mol. The lowest BCUT2D eigenvalue weighted by atomic mass is 10.2. The molecule has 0 bridgehead atoms. The van der Waals surface area contributed by atoms with Gasteiger partial charge in [-0.2, -0.15) is 0 Å². The molecule has 1 amide bonds. The van der Waals surface area contributed by atoms with Crippen molar-refractivity contribution in [2.24, 2.45) is 0 Å². The molecule has 1 aromatic carbocycles. The Morgan fingerprint density at radius 3 is 2.79 bits per heavy atom. The second kappa shape index (κ2) is 8.29. The van der Waals surface area contributed by atoms with Crippen LogP contribution in [-0.4, -0.2) is 41.5 Å². The molecule has 0 aliphatic heterocycles. The first-order chi connectivity index (χ1) is 11.5. The molecule has 6 nitrogen and oxygen atoms in total. The number of carbonyl (C=O) groups is 1. The number of hydrogen-bond donors (Lipinski definition) is 1. The summed E-state index contributed by atoms with van der Waals surface area (Å²) in [4.78, 5) is 22.9. The Kier molecular flexibility index (Phi) is 6.12. The Hall–Kier alpha value is -2.63. The fraction of sp³-hybridized carbons (Fsp3) is 0.389. The zero-order valence-corrected chi connectivity index (χ0v) is 14.7. The first-order valence-electron chi connectivity index (χ1n) is 8.05. The molecule has 0 aliphatic rings. The molecule has 0 radical (unpaired) electrons. The summed E-state index contributed by atoms with van der Waals surface area (Å²) in [5, 5.41) is 3.12. The number of hydrogen-bond acceptors (Lipinski definition) is 5. The van der Waals surface area contributed by atoms with Crippen molar-refractivity contribution >= 4 is 17.5 Å². The van der Waals surface area contributed by atoms with Crippen molar-refractivity contribution in [2.75, 3.05) is 26.0 Å². The van der Waals surface area contributed by atoms with Gasteiger partial charge in [-0.25, -0.2) is 9.97 Å². The Morgan fingerprint density at radius 1 is 1.29 bits per heavy atom. The summed E-state index contributed by atoms with van der Waals surface area (Å²) in [7, 11) is 3.41. The first-order valence-corrected chi connectivity index (χ1v) is 8.05. The van der Waals surface area contributed by atoms with E-state index in [1.807, 2.05) is 31.2 Å². The largest absolute Gasteiger partial charge is 0.497 e. The number of unbranched alkanes of at least 4 members (excludes halogenated alkanes) is 1.